The van der Waals surface area contributed by atoms with Gasteiger partial charge in [-0.3, -0.25) is 9.89 Å². The maximum atomic E-state index is 12.1. The summed E-state index contributed by atoms with van der Waals surface area (Å²) in [5, 5.41) is 16.0. The van der Waals surface area contributed by atoms with Crippen LogP contribution in [0.2, 0.25) is 0 Å². The highest BCUT2D eigenvalue weighted by molar-refractivity contribution is 7.98. The molecule has 0 saturated carbocycles. The van der Waals surface area contributed by atoms with Crippen molar-refractivity contribution in [1.82, 2.24) is 34.7 Å². The minimum absolute atomic E-state index is 0.0966. The summed E-state index contributed by atoms with van der Waals surface area (Å²) in [5.74, 6) is 2.03. The molecule has 0 amide bonds. The predicted octanol–water partition coefficient (Wildman–Crippen LogP) is 1.22. The van der Waals surface area contributed by atoms with E-state index in [2.05, 4.69) is 30.2 Å². The molecule has 3 aromatic rings. The molecule has 0 unspecified atom stereocenters. The zero-order valence-corrected chi connectivity index (χ0v) is 15.1. The zero-order chi connectivity index (χ0) is 17.4. The van der Waals surface area contributed by atoms with Gasteiger partial charge >= 0.3 is 0 Å². The molecule has 25 heavy (non-hydrogen) atoms. The lowest BCUT2D eigenvalue weighted by molar-refractivity contribution is 0.436. The van der Waals surface area contributed by atoms with Gasteiger partial charge in [-0.15, -0.1) is 10.2 Å². The summed E-state index contributed by atoms with van der Waals surface area (Å²) < 4.78 is 3.52. The minimum atomic E-state index is -0.0966. The van der Waals surface area contributed by atoms with Crippen molar-refractivity contribution in [2.45, 2.75) is 36.6 Å². The third kappa shape index (κ3) is 3.21. The van der Waals surface area contributed by atoms with Gasteiger partial charge in [-0.25, -0.2) is 9.50 Å². The fourth-order valence-electron chi connectivity index (χ4n) is 3.25. The topological polar surface area (TPSA) is 92.9 Å². The fourth-order valence-corrected chi connectivity index (χ4v) is 4.06. The van der Waals surface area contributed by atoms with Crippen LogP contribution in [0.4, 0.5) is 0 Å². The summed E-state index contributed by atoms with van der Waals surface area (Å²) in [6, 6.07) is 3.43. The maximum Gasteiger partial charge on any atom is 0.272 e. The molecule has 4 heterocycles. The largest absolute Gasteiger partial charge is 0.316 e. The van der Waals surface area contributed by atoms with Crippen molar-refractivity contribution in [3.8, 4) is 0 Å². The third-order valence-electron chi connectivity index (χ3n) is 4.51. The van der Waals surface area contributed by atoms with Crippen molar-refractivity contribution in [3.05, 3.63) is 39.7 Å². The first-order valence-electron chi connectivity index (χ1n) is 8.43. The smallest absolute Gasteiger partial charge is 0.272 e. The van der Waals surface area contributed by atoms with Crippen LogP contribution in [0, 0.1) is 6.92 Å². The molecule has 3 aromatic heterocycles. The second kappa shape index (κ2) is 6.64. The van der Waals surface area contributed by atoms with Gasteiger partial charge in [-0.2, -0.15) is 0 Å². The Morgan fingerprint density at radius 2 is 2.24 bits per heavy atom. The molecule has 1 saturated heterocycles. The van der Waals surface area contributed by atoms with E-state index in [0.29, 0.717) is 17.3 Å². The highest BCUT2D eigenvalue weighted by Crippen LogP contribution is 2.26. The lowest BCUT2D eigenvalue weighted by Crippen LogP contribution is -2.29. The van der Waals surface area contributed by atoms with Crippen molar-refractivity contribution in [2.24, 2.45) is 7.05 Å². The quantitative estimate of drug-likeness (QED) is 0.681. The molecule has 1 atom stereocenters. The van der Waals surface area contributed by atoms with Crippen LogP contribution in [-0.4, -0.2) is 42.5 Å². The summed E-state index contributed by atoms with van der Waals surface area (Å²) in [4.78, 5) is 16.7. The average Bonchev–Trinajstić information content (AvgIpc) is 3.16. The van der Waals surface area contributed by atoms with E-state index in [-0.39, 0.29) is 5.56 Å². The third-order valence-corrected chi connectivity index (χ3v) is 5.57. The monoisotopic (exact) mass is 359 g/mol. The molecular weight excluding hydrogens is 338 g/mol. The van der Waals surface area contributed by atoms with E-state index < -0.39 is 0 Å². The number of nitrogens with zero attached hydrogens (tertiary/aromatic N) is 5. The number of H-pyrrole nitrogens is 1. The molecule has 8 nitrogen and oxygen atoms in total. The molecule has 4 rings (SSSR count). The SMILES string of the molecule is Cc1cc2nc(CSc3nnc([C@H]4CCCNC4)n3C)cc(=O)n2[nH]1. The van der Waals surface area contributed by atoms with Crippen LogP contribution in [0.1, 0.15) is 36.0 Å². The van der Waals surface area contributed by atoms with Crippen LogP contribution in [0.15, 0.2) is 22.1 Å². The number of piperidine rings is 1. The second-order valence-electron chi connectivity index (χ2n) is 6.45. The summed E-state index contributed by atoms with van der Waals surface area (Å²) in [6.07, 6.45) is 2.31. The molecule has 0 spiro atoms. The van der Waals surface area contributed by atoms with Gasteiger partial charge in [0.25, 0.3) is 5.56 Å². The molecule has 0 radical (unpaired) electrons. The van der Waals surface area contributed by atoms with E-state index in [9.17, 15) is 4.79 Å². The number of aromatic amines is 1. The van der Waals surface area contributed by atoms with Crippen molar-refractivity contribution in [2.75, 3.05) is 13.1 Å². The Hall–Kier alpha value is -2.13. The van der Waals surface area contributed by atoms with Crippen LogP contribution < -0.4 is 10.9 Å². The van der Waals surface area contributed by atoms with E-state index in [1.165, 1.54) is 10.9 Å². The molecular formula is C16H21N7OS. The summed E-state index contributed by atoms with van der Waals surface area (Å²) in [5.41, 5.74) is 2.21. The number of fused-ring (bicyclic) bond motifs is 1. The number of aromatic nitrogens is 6. The lowest BCUT2D eigenvalue weighted by atomic mass is 9.99. The molecule has 0 aliphatic carbocycles. The number of hydrogen-bond acceptors (Lipinski definition) is 6. The second-order valence-corrected chi connectivity index (χ2v) is 7.39. The van der Waals surface area contributed by atoms with Gasteiger partial charge in [0.05, 0.1) is 5.69 Å². The number of rotatable bonds is 4. The number of aryl methyl sites for hydroxylation is 1. The van der Waals surface area contributed by atoms with Gasteiger partial charge in [0.2, 0.25) is 0 Å². The molecule has 1 aliphatic rings. The van der Waals surface area contributed by atoms with Gasteiger partial charge in [-0.05, 0) is 26.3 Å². The Morgan fingerprint density at radius 1 is 1.36 bits per heavy atom. The molecule has 1 fully saturated rings. The molecule has 9 heteroatoms. The van der Waals surface area contributed by atoms with Crippen LogP contribution in [0.25, 0.3) is 5.65 Å². The van der Waals surface area contributed by atoms with Crippen LogP contribution in [0.3, 0.4) is 0 Å². The lowest BCUT2D eigenvalue weighted by Gasteiger charge is -2.21. The zero-order valence-electron chi connectivity index (χ0n) is 14.3. The molecule has 1 aliphatic heterocycles. The highest BCUT2D eigenvalue weighted by atomic mass is 32.2. The van der Waals surface area contributed by atoms with Crippen molar-refractivity contribution in [1.29, 1.82) is 0 Å². The number of nitrogens with one attached hydrogen (secondary N) is 2. The van der Waals surface area contributed by atoms with Crippen molar-refractivity contribution < 1.29 is 0 Å². The van der Waals surface area contributed by atoms with Crippen molar-refractivity contribution in [3.63, 3.8) is 0 Å². The Bertz CT molecular complexity index is 951. The van der Waals surface area contributed by atoms with Crippen LogP contribution >= 0.6 is 11.8 Å². The summed E-state index contributed by atoms with van der Waals surface area (Å²) in [6.45, 7) is 3.94. The average molecular weight is 359 g/mol. The van der Waals surface area contributed by atoms with Crippen LogP contribution in [-0.2, 0) is 12.8 Å². The Labute approximate surface area is 149 Å². The first-order valence-corrected chi connectivity index (χ1v) is 9.41. The molecule has 2 N–H and O–H groups in total. The van der Waals surface area contributed by atoms with E-state index in [4.69, 9.17) is 0 Å². The number of hydrogen-bond donors (Lipinski definition) is 2. The molecule has 0 bridgehead atoms. The van der Waals surface area contributed by atoms with Gasteiger partial charge in [0.1, 0.15) is 5.82 Å². The fraction of sp³-hybridized carbons (Fsp3) is 0.500. The Morgan fingerprint density at radius 3 is 3.04 bits per heavy atom. The first kappa shape index (κ1) is 16.3. The van der Waals surface area contributed by atoms with Gasteiger partial charge in [0, 0.05) is 43.1 Å². The summed E-state index contributed by atoms with van der Waals surface area (Å²) >= 11 is 1.56. The van der Waals surface area contributed by atoms with Gasteiger partial charge in [-0.1, -0.05) is 11.8 Å². The van der Waals surface area contributed by atoms with E-state index in [0.717, 1.165) is 41.9 Å². The van der Waals surface area contributed by atoms with Gasteiger partial charge < -0.3 is 9.88 Å². The highest BCUT2D eigenvalue weighted by Gasteiger charge is 2.21. The normalized spacial score (nSPS) is 18.1. The molecule has 132 valence electrons. The Balaban J connectivity index is 1.51. The summed E-state index contributed by atoms with van der Waals surface area (Å²) in [7, 11) is 2.01. The van der Waals surface area contributed by atoms with Crippen molar-refractivity contribution >= 4 is 17.4 Å². The van der Waals surface area contributed by atoms with E-state index in [1.54, 1.807) is 17.8 Å². The first-order chi connectivity index (χ1) is 12.1. The standard InChI is InChI=1S/C16H21N7OS/c1-10-6-13-18-12(7-14(24)23(13)21-10)9-25-16-20-19-15(22(16)2)11-4-3-5-17-8-11/h6-7,11,17,21H,3-5,8-9H2,1-2H3/t11-/m0/s1. The maximum absolute atomic E-state index is 12.1. The van der Waals surface area contributed by atoms with E-state index in [1.807, 2.05) is 20.0 Å². The van der Waals surface area contributed by atoms with E-state index >= 15 is 0 Å². The number of thioether (sulfide) groups is 1. The Kier molecular flexibility index (Phi) is 4.34. The molecule has 0 aromatic carbocycles. The predicted molar refractivity (Wildman–Crippen MR) is 96.0 cm³/mol. The van der Waals surface area contributed by atoms with Crippen LogP contribution in [0.5, 0.6) is 0 Å². The minimum Gasteiger partial charge on any atom is -0.316 e. The van der Waals surface area contributed by atoms with Gasteiger partial charge in [0.15, 0.2) is 10.8 Å².